The van der Waals surface area contributed by atoms with Crippen LogP contribution in [-0.2, 0) is 13.8 Å². The molecule has 1 aliphatic carbocycles. The molecule has 0 bridgehead atoms. The predicted octanol–water partition coefficient (Wildman–Crippen LogP) is 2.90. The van der Waals surface area contributed by atoms with E-state index in [1.54, 1.807) is 6.92 Å². The maximum atomic E-state index is 12.0. The summed E-state index contributed by atoms with van der Waals surface area (Å²) in [5.74, 6) is -0.0685. The molecule has 2 rings (SSSR count). The van der Waals surface area contributed by atoms with E-state index in [2.05, 4.69) is 10.3 Å². The van der Waals surface area contributed by atoms with E-state index >= 15 is 0 Å². The first-order chi connectivity index (χ1) is 8.88. The van der Waals surface area contributed by atoms with Crippen molar-refractivity contribution in [2.45, 2.75) is 43.2 Å². The van der Waals surface area contributed by atoms with Gasteiger partial charge in [0.05, 0.1) is 5.69 Å². The number of hydrogen-bond donors (Lipinski definition) is 1. The second-order valence-corrected chi connectivity index (χ2v) is 8.41. The molecule has 1 N–H and O–H groups in total. The molecule has 106 valence electrons. The van der Waals surface area contributed by atoms with Crippen molar-refractivity contribution >= 4 is 42.1 Å². The zero-order chi connectivity index (χ0) is 14.0. The molecule has 1 aromatic heterocycles. The maximum absolute atomic E-state index is 12.0. The molecule has 1 saturated carbocycles. The van der Waals surface area contributed by atoms with Crippen molar-refractivity contribution in [2.75, 3.05) is 5.32 Å². The SMILES string of the molecule is Cc1nc(NC(=O)C2CCCCC2)sc1S(=O)(=O)Cl. The molecule has 0 aliphatic heterocycles. The third-order valence-corrected chi connectivity index (χ3v) is 6.43. The Bertz CT molecular complexity index is 577. The number of amides is 1. The molecule has 1 heterocycles. The Balaban J connectivity index is 2.09. The Morgan fingerprint density at radius 2 is 2.00 bits per heavy atom. The van der Waals surface area contributed by atoms with E-state index in [9.17, 15) is 13.2 Å². The van der Waals surface area contributed by atoms with Crippen molar-refractivity contribution in [3.8, 4) is 0 Å². The number of nitrogens with zero attached hydrogens (tertiary/aromatic N) is 1. The normalized spacial score (nSPS) is 17.4. The Hall–Kier alpha value is -0.660. The van der Waals surface area contributed by atoms with Gasteiger partial charge in [-0.2, -0.15) is 0 Å². The highest BCUT2D eigenvalue weighted by atomic mass is 35.7. The topological polar surface area (TPSA) is 76.1 Å². The molecule has 0 atom stereocenters. The average Bonchev–Trinajstić information content (AvgIpc) is 2.71. The minimum atomic E-state index is -3.80. The van der Waals surface area contributed by atoms with Gasteiger partial charge in [-0.05, 0) is 19.8 Å². The first-order valence-corrected chi connectivity index (χ1v) is 9.23. The number of aromatic nitrogens is 1. The first kappa shape index (κ1) is 14.7. The van der Waals surface area contributed by atoms with E-state index in [1.807, 2.05) is 0 Å². The summed E-state index contributed by atoms with van der Waals surface area (Å²) in [5, 5.41) is 2.99. The van der Waals surface area contributed by atoms with Gasteiger partial charge in [0, 0.05) is 16.6 Å². The molecular weight excluding hydrogens is 308 g/mol. The molecule has 1 amide bonds. The molecule has 0 aromatic carbocycles. The number of rotatable bonds is 3. The third kappa shape index (κ3) is 3.67. The van der Waals surface area contributed by atoms with Crippen molar-refractivity contribution in [3.05, 3.63) is 5.69 Å². The summed E-state index contributed by atoms with van der Waals surface area (Å²) in [7, 11) is 1.50. The van der Waals surface area contributed by atoms with E-state index in [-0.39, 0.29) is 16.0 Å². The fraction of sp³-hybridized carbons (Fsp3) is 0.636. The number of carbonyl (C=O) groups is 1. The molecule has 1 aliphatic rings. The quantitative estimate of drug-likeness (QED) is 0.868. The van der Waals surface area contributed by atoms with Crippen LogP contribution in [-0.4, -0.2) is 19.3 Å². The van der Waals surface area contributed by atoms with Crippen molar-refractivity contribution in [1.82, 2.24) is 4.98 Å². The molecule has 5 nitrogen and oxygen atoms in total. The Morgan fingerprint density at radius 3 is 2.53 bits per heavy atom. The third-order valence-electron chi connectivity index (χ3n) is 3.18. The smallest absolute Gasteiger partial charge is 0.272 e. The molecule has 8 heteroatoms. The van der Waals surface area contributed by atoms with Gasteiger partial charge in [0.2, 0.25) is 5.91 Å². The minimum Gasteiger partial charge on any atom is -0.302 e. The number of hydrogen-bond acceptors (Lipinski definition) is 5. The summed E-state index contributed by atoms with van der Waals surface area (Å²) in [4.78, 5) is 16.0. The highest BCUT2D eigenvalue weighted by Crippen LogP contribution is 2.31. The second kappa shape index (κ2) is 5.76. The van der Waals surface area contributed by atoms with E-state index in [4.69, 9.17) is 10.7 Å². The lowest BCUT2D eigenvalue weighted by atomic mass is 9.89. The van der Waals surface area contributed by atoms with E-state index in [0.29, 0.717) is 10.8 Å². The van der Waals surface area contributed by atoms with Crippen LogP contribution in [0.25, 0.3) is 0 Å². The Morgan fingerprint density at radius 1 is 1.37 bits per heavy atom. The number of halogens is 1. The van der Waals surface area contributed by atoms with Gasteiger partial charge >= 0.3 is 0 Å². The van der Waals surface area contributed by atoms with Gasteiger partial charge in [-0.15, -0.1) is 0 Å². The van der Waals surface area contributed by atoms with Crippen LogP contribution < -0.4 is 5.32 Å². The fourth-order valence-electron chi connectivity index (χ4n) is 2.23. The van der Waals surface area contributed by atoms with Crippen molar-refractivity contribution in [2.24, 2.45) is 5.92 Å². The largest absolute Gasteiger partial charge is 0.302 e. The lowest BCUT2D eigenvalue weighted by molar-refractivity contribution is -0.120. The van der Waals surface area contributed by atoms with E-state index < -0.39 is 9.05 Å². The zero-order valence-corrected chi connectivity index (χ0v) is 12.9. The maximum Gasteiger partial charge on any atom is 0.272 e. The number of nitrogens with one attached hydrogen (secondary N) is 1. The van der Waals surface area contributed by atoms with E-state index in [1.165, 1.54) is 6.42 Å². The molecule has 19 heavy (non-hydrogen) atoms. The molecular formula is C11H15ClN2O3S2. The zero-order valence-electron chi connectivity index (χ0n) is 10.5. The highest BCUT2D eigenvalue weighted by molar-refractivity contribution is 8.15. The molecule has 0 unspecified atom stereocenters. The molecule has 1 aromatic rings. The van der Waals surface area contributed by atoms with Crippen LogP contribution in [0.3, 0.4) is 0 Å². The van der Waals surface area contributed by atoms with Crippen LogP contribution in [0.1, 0.15) is 37.8 Å². The second-order valence-electron chi connectivity index (χ2n) is 4.65. The fourth-order valence-corrected chi connectivity index (χ4v) is 4.59. The minimum absolute atomic E-state index is 0.00638. The van der Waals surface area contributed by atoms with E-state index in [0.717, 1.165) is 37.0 Å². The van der Waals surface area contributed by atoms with Gasteiger partial charge in [-0.1, -0.05) is 30.6 Å². The van der Waals surface area contributed by atoms with Crippen LogP contribution in [0.2, 0.25) is 0 Å². The van der Waals surface area contributed by atoms with Gasteiger partial charge in [0.15, 0.2) is 9.34 Å². The van der Waals surface area contributed by atoms with Crippen molar-refractivity contribution in [3.63, 3.8) is 0 Å². The van der Waals surface area contributed by atoms with Crippen LogP contribution in [0.15, 0.2) is 4.21 Å². The van der Waals surface area contributed by atoms with Crippen molar-refractivity contribution < 1.29 is 13.2 Å². The lowest BCUT2D eigenvalue weighted by Gasteiger charge is -2.19. The van der Waals surface area contributed by atoms with Gasteiger partial charge in [-0.25, -0.2) is 13.4 Å². The molecule has 0 saturated heterocycles. The number of thiazole rings is 1. The Kier molecular flexibility index (Phi) is 4.47. The molecule has 0 radical (unpaired) electrons. The van der Waals surface area contributed by atoms with Gasteiger partial charge in [-0.3, -0.25) is 4.79 Å². The standard InChI is InChI=1S/C11H15ClN2O3S2/c1-7-10(19(12,16)17)18-11(13-7)14-9(15)8-5-3-2-4-6-8/h8H,2-6H2,1H3,(H,13,14,15). The van der Waals surface area contributed by atoms with Gasteiger partial charge in [0.25, 0.3) is 9.05 Å². The Labute approximate surface area is 120 Å². The summed E-state index contributed by atoms with van der Waals surface area (Å²) < 4.78 is 22.5. The van der Waals surface area contributed by atoms with Crippen LogP contribution in [0.5, 0.6) is 0 Å². The number of aryl methyl sites for hydroxylation is 1. The average molecular weight is 323 g/mol. The van der Waals surface area contributed by atoms with Gasteiger partial charge in [0.1, 0.15) is 0 Å². The van der Waals surface area contributed by atoms with Crippen LogP contribution in [0.4, 0.5) is 5.13 Å². The summed E-state index contributed by atoms with van der Waals surface area (Å²) in [6.07, 6.45) is 5.08. The summed E-state index contributed by atoms with van der Waals surface area (Å²) >= 11 is 0.896. The first-order valence-electron chi connectivity index (χ1n) is 6.11. The monoisotopic (exact) mass is 322 g/mol. The number of anilines is 1. The molecule has 0 spiro atoms. The summed E-state index contributed by atoms with van der Waals surface area (Å²) in [5.41, 5.74) is 0.318. The lowest BCUT2D eigenvalue weighted by Crippen LogP contribution is -2.24. The highest BCUT2D eigenvalue weighted by Gasteiger charge is 2.24. The predicted molar refractivity (Wildman–Crippen MR) is 75.1 cm³/mol. The number of carbonyl (C=O) groups excluding carboxylic acids is 1. The summed E-state index contributed by atoms with van der Waals surface area (Å²) in [6, 6.07) is 0. The van der Waals surface area contributed by atoms with Crippen LogP contribution >= 0.6 is 22.0 Å². The molecule has 1 fully saturated rings. The van der Waals surface area contributed by atoms with Crippen LogP contribution in [0, 0.1) is 12.8 Å². The van der Waals surface area contributed by atoms with Gasteiger partial charge < -0.3 is 5.32 Å². The van der Waals surface area contributed by atoms with Crippen molar-refractivity contribution in [1.29, 1.82) is 0 Å². The summed E-state index contributed by atoms with van der Waals surface area (Å²) in [6.45, 7) is 1.56.